The predicted octanol–water partition coefficient (Wildman–Crippen LogP) is 4.45. The smallest absolute Gasteiger partial charge is 0.284 e. The van der Waals surface area contributed by atoms with Gasteiger partial charge in [-0.15, -0.1) is 0 Å². The van der Waals surface area contributed by atoms with Gasteiger partial charge in [-0.2, -0.15) is 0 Å². The molecule has 0 unspecified atom stereocenters. The molecule has 0 atom stereocenters. The largest absolute Gasteiger partial charge is 0.442 e. The van der Waals surface area contributed by atoms with Crippen molar-refractivity contribution in [3.8, 4) is 5.75 Å². The van der Waals surface area contributed by atoms with Gasteiger partial charge in [-0.1, -0.05) is 12.1 Å². The molecule has 1 aromatic heterocycles. The highest BCUT2D eigenvalue weighted by atomic mass is 35.9. The molecule has 1 aromatic carbocycles. The van der Waals surface area contributed by atoms with E-state index in [2.05, 4.69) is 4.98 Å². The van der Waals surface area contributed by atoms with E-state index in [1.807, 2.05) is 24.3 Å². The number of fused-ring (bicyclic) bond motifs is 1. The first-order chi connectivity index (χ1) is 7.59. The minimum Gasteiger partial charge on any atom is -0.442 e. The van der Waals surface area contributed by atoms with E-state index < -0.39 is 6.85 Å². The summed E-state index contributed by atoms with van der Waals surface area (Å²) in [6, 6.07) is 7.44. The van der Waals surface area contributed by atoms with Gasteiger partial charge in [0.05, 0.1) is 0 Å². The molecule has 2 rings (SSSR count). The fraction of sp³-hybridized carbons (Fsp3) is 0.100. The molecule has 0 amide bonds. The van der Waals surface area contributed by atoms with Gasteiger partial charge in [-0.05, 0) is 34.6 Å². The van der Waals surface area contributed by atoms with Crippen LogP contribution in [-0.2, 0) is 0 Å². The number of halogens is 2. The number of carbonyl (C=O) groups is 1. The van der Waals surface area contributed by atoms with Crippen LogP contribution in [0.5, 0.6) is 5.75 Å². The number of hydrogen-bond donors (Lipinski definition) is 1. The summed E-state index contributed by atoms with van der Waals surface area (Å²) < 4.78 is 5.30. The van der Waals surface area contributed by atoms with Gasteiger partial charge in [-0.25, -0.2) is 0 Å². The first kappa shape index (κ1) is 11.7. The summed E-state index contributed by atoms with van der Waals surface area (Å²) in [7, 11) is 0. The zero-order valence-corrected chi connectivity index (χ0v) is 10.7. The zero-order valence-electron chi connectivity index (χ0n) is 8.33. The molecule has 0 saturated heterocycles. The number of carbonyl (C=O) groups excluding carboxylic acids is 1. The van der Waals surface area contributed by atoms with Gasteiger partial charge in [-0.3, -0.25) is 4.79 Å². The molecule has 84 valence electrons. The van der Waals surface area contributed by atoms with Crippen LogP contribution < -0.4 is 4.52 Å². The van der Waals surface area contributed by atoms with Crippen molar-refractivity contribution in [3.05, 3.63) is 30.0 Å². The van der Waals surface area contributed by atoms with Crippen LogP contribution in [0.4, 0.5) is 0 Å². The fourth-order valence-electron chi connectivity index (χ4n) is 1.53. The van der Waals surface area contributed by atoms with Crippen LogP contribution >= 0.6 is 29.3 Å². The van der Waals surface area contributed by atoms with E-state index >= 15 is 0 Å². The number of rotatable bonds is 3. The second-order valence-corrected chi connectivity index (χ2v) is 6.17. The summed E-state index contributed by atoms with van der Waals surface area (Å²) >= 11 is 11.3. The van der Waals surface area contributed by atoms with E-state index in [0.717, 1.165) is 10.9 Å². The van der Waals surface area contributed by atoms with Crippen LogP contribution in [0.1, 0.15) is 17.4 Å². The Morgan fingerprint density at radius 3 is 2.69 bits per heavy atom. The molecule has 3 nitrogen and oxygen atoms in total. The van der Waals surface area contributed by atoms with E-state index in [1.54, 1.807) is 0 Å². The number of ketones is 1. The Bertz CT molecular complexity index is 539. The number of para-hydroxylation sites is 1. The Morgan fingerprint density at radius 1 is 1.38 bits per heavy atom. The maximum Gasteiger partial charge on any atom is 0.284 e. The third-order valence-electron chi connectivity index (χ3n) is 2.17. The van der Waals surface area contributed by atoms with Gasteiger partial charge in [0.15, 0.2) is 11.5 Å². The van der Waals surface area contributed by atoms with Gasteiger partial charge in [0.1, 0.15) is 5.69 Å². The number of hydrogen-bond acceptors (Lipinski definition) is 2. The maximum atomic E-state index is 11.4. The third-order valence-corrected chi connectivity index (χ3v) is 2.91. The maximum absolute atomic E-state index is 11.4. The molecular weight excluding hydrogens is 268 g/mol. The Kier molecular flexibility index (Phi) is 3.38. The van der Waals surface area contributed by atoms with E-state index in [0.29, 0.717) is 11.4 Å². The first-order valence-corrected chi connectivity index (χ1v) is 7.58. The molecular formula is C10H8Cl2NO2P. The van der Waals surface area contributed by atoms with Crippen molar-refractivity contribution in [2.45, 2.75) is 6.92 Å². The van der Waals surface area contributed by atoms with Gasteiger partial charge in [0.25, 0.3) is 6.85 Å². The highest BCUT2D eigenvalue weighted by Crippen LogP contribution is 2.50. The number of Topliss-reactive ketones (excluding diaryl/α,β-unsaturated/α-hetero) is 1. The number of aromatic nitrogens is 1. The molecule has 0 bridgehead atoms. The number of nitrogens with one attached hydrogen (secondary N) is 1. The quantitative estimate of drug-likeness (QED) is 0.664. The van der Waals surface area contributed by atoms with Crippen molar-refractivity contribution in [3.63, 3.8) is 0 Å². The first-order valence-electron chi connectivity index (χ1n) is 4.51. The van der Waals surface area contributed by atoms with Crippen LogP contribution in [-0.4, -0.2) is 10.8 Å². The lowest BCUT2D eigenvalue weighted by Gasteiger charge is -2.04. The second kappa shape index (κ2) is 4.62. The van der Waals surface area contributed by atoms with Gasteiger partial charge < -0.3 is 9.51 Å². The normalized spacial score (nSPS) is 11.0. The molecule has 1 heterocycles. The van der Waals surface area contributed by atoms with Crippen LogP contribution in [0.2, 0.25) is 0 Å². The molecule has 0 aliphatic rings. The lowest BCUT2D eigenvalue weighted by molar-refractivity contribution is 0.101. The van der Waals surface area contributed by atoms with Crippen molar-refractivity contribution in [2.75, 3.05) is 0 Å². The van der Waals surface area contributed by atoms with E-state index in [9.17, 15) is 4.79 Å². The van der Waals surface area contributed by atoms with E-state index in [-0.39, 0.29) is 5.78 Å². The van der Waals surface area contributed by atoms with Crippen molar-refractivity contribution in [2.24, 2.45) is 0 Å². The zero-order chi connectivity index (χ0) is 11.7. The Hall–Kier alpha value is -0.760. The Labute approximate surface area is 103 Å². The molecule has 0 spiro atoms. The van der Waals surface area contributed by atoms with E-state index in [1.165, 1.54) is 6.92 Å². The molecule has 2 aromatic rings. The molecule has 6 heteroatoms. The summed E-state index contributed by atoms with van der Waals surface area (Å²) in [6.45, 7) is -0.132. The molecule has 0 radical (unpaired) electrons. The predicted molar refractivity (Wildman–Crippen MR) is 67.6 cm³/mol. The van der Waals surface area contributed by atoms with Crippen LogP contribution in [0.15, 0.2) is 24.3 Å². The number of aromatic amines is 1. The highest BCUT2D eigenvalue weighted by molar-refractivity contribution is 8.00. The van der Waals surface area contributed by atoms with Gasteiger partial charge in [0, 0.05) is 17.8 Å². The Morgan fingerprint density at radius 2 is 2.06 bits per heavy atom. The van der Waals surface area contributed by atoms with Crippen LogP contribution in [0, 0.1) is 0 Å². The van der Waals surface area contributed by atoms with Crippen molar-refractivity contribution in [1.29, 1.82) is 0 Å². The second-order valence-electron chi connectivity index (χ2n) is 3.22. The SMILES string of the molecule is CC(=O)c1[nH]c2ccccc2c1OP(Cl)Cl. The lowest BCUT2D eigenvalue weighted by atomic mass is 10.2. The molecule has 0 fully saturated rings. The summed E-state index contributed by atoms with van der Waals surface area (Å²) in [5.41, 5.74) is 1.22. The summed E-state index contributed by atoms with van der Waals surface area (Å²) in [5, 5.41) is 0.807. The Balaban J connectivity index is 2.64. The molecule has 0 aliphatic heterocycles. The summed E-state index contributed by atoms with van der Waals surface area (Å²) in [6.07, 6.45) is 0. The van der Waals surface area contributed by atoms with Crippen LogP contribution in [0.25, 0.3) is 10.9 Å². The summed E-state index contributed by atoms with van der Waals surface area (Å²) in [4.78, 5) is 14.4. The summed E-state index contributed by atoms with van der Waals surface area (Å²) in [5.74, 6) is 0.315. The van der Waals surface area contributed by atoms with Crippen molar-refractivity contribution >= 4 is 46.0 Å². The molecule has 1 N–H and O–H groups in total. The molecule has 0 aliphatic carbocycles. The average Bonchev–Trinajstić information content (AvgIpc) is 2.57. The number of benzene rings is 1. The lowest BCUT2D eigenvalue weighted by Crippen LogP contribution is -1.94. The van der Waals surface area contributed by atoms with Gasteiger partial charge >= 0.3 is 0 Å². The third kappa shape index (κ3) is 2.17. The number of H-pyrrole nitrogens is 1. The minimum atomic E-state index is -1.59. The van der Waals surface area contributed by atoms with Gasteiger partial charge in [0.2, 0.25) is 0 Å². The molecule has 16 heavy (non-hydrogen) atoms. The minimum absolute atomic E-state index is 0.114. The van der Waals surface area contributed by atoms with E-state index in [4.69, 9.17) is 27.0 Å². The fourth-order valence-corrected chi connectivity index (χ4v) is 2.27. The standard InChI is InChI=1S/C10H8Cl2NO2P/c1-6(14)9-10(15-16(11)12)7-4-2-3-5-8(7)13-9/h2-5,13H,1H3. The average molecular weight is 276 g/mol. The topological polar surface area (TPSA) is 42.1 Å². The van der Waals surface area contributed by atoms with Crippen molar-refractivity contribution in [1.82, 2.24) is 4.98 Å². The van der Waals surface area contributed by atoms with Crippen molar-refractivity contribution < 1.29 is 9.32 Å². The molecule has 0 saturated carbocycles. The monoisotopic (exact) mass is 275 g/mol. The van der Waals surface area contributed by atoms with Crippen LogP contribution in [0.3, 0.4) is 0 Å². The highest BCUT2D eigenvalue weighted by Gasteiger charge is 2.18.